The molecule has 0 unspecified atom stereocenters. The summed E-state index contributed by atoms with van der Waals surface area (Å²) in [6, 6.07) is 8.45. The Balaban J connectivity index is 0.00000338. The van der Waals surface area contributed by atoms with Crippen LogP contribution in [0.15, 0.2) is 35.5 Å². The summed E-state index contributed by atoms with van der Waals surface area (Å²) in [4.78, 5) is 10.5. The van der Waals surface area contributed by atoms with E-state index in [2.05, 4.69) is 71.8 Å². The Morgan fingerprint density at radius 1 is 1.12 bits per heavy atom. The lowest BCUT2D eigenvalue weighted by Gasteiger charge is -2.17. The third-order valence-electron chi connectivity index (χ3n) is 4.50. The van der Waals surface area contributed by atoms with Crippen LogP contribution in [-0.2, 0) is 6.42 Å². The molecule has 0 saturated carbocycles. The molecule has 0 radical (unpaired) electrons. The van der Waals surface area contributed by atoms with Crippen LogP contribution < -0.4 is 10.6 Å². The molecule has 0 fully saturated rings. The molecule has 0 aliphatic heterocycles. The third-order valence-corrected chi connectivity index (χ3v) is 4.50. The average molecular weight is 471 g/mol. The highest BCUT2D eigenvalue weighted by molar-refractivity contribution is 14.0. The van der Waals surface area contributed by atoms with Gasteiger partial charge >= 0.3 is 0 Å². The van der Waals surface area contributed by atoms with Crippen LogP contribution in [0.25, 0.3) is 10.9 Å². The average Bonchev–Trinajstić information content (AvgIpc) is 3.05. The van der Waals surface area contributed by atoms with E-state index in [1.165, 1.54) is 16.5 Å². The molecule has 26 heavy (non-hydrogen) atoms. The van der Waals surface area contributed by atoms with Gasteiger partial charge in [0.1, 0.15) is 0 Å². The predicted molar refractivity (Wildman–Crippen MR) is 124 cm³/mol. The van der Waals surface area contributed by atoms with Crippen molar-refractivity contribution in [1.29, 1.82) is 0 Å². The Morgan fingerprint density at radius 3 is 2.62 bits per heavy atom. The van der Waals surface area contributed by atoms with Crippen molar-refractivity contribution in [2.24, 2.45) is 4.99 Å². The number of hydrogen-bond acceptors (Lipinski definition) is 2. The molecule has 0 aliphatic rings. The zero-order chi connectivity index (χ0) is 17.9. The quantitative estimate of drug-likeness (QED) is 0.215. The van der Waals surface area contributed by atoms with E-state index in [0.717, 1.165) is 58.1 Å². The summed E-state index contributed by atoms with van der Waals surface area (Å²) in [6.07, 6.45) is 4.19. The van der Waals surface area contributed by atoms with Gasteiger partial charge in [-0.25, -0.2) is 0 Å². The van der Waals surface area contributed by atoms with Crippen LogP contribution in [-0.4, -0.2) is 55.1 Å². The highest BCUT2D eigenvalue weighted by Gasteiger charge is 2.04. The molecule has 6 heteroatoms. The normalized spacial score (nSPS) is 11.6. The molecule has 0 amide bonds. The van der Waals surface area contributed by atoms with Crippen LogP contribution >= 0.6 is 24.0 Å². The minimum Gasteiger partial charge on any atom is -0.361 e. The standard InChI is InChI=1S/C20H33N5.HI/c1-4-21-20(22-13-9-15-25(5-2)6-3)23-14-12-17-16-24-19-11-8-7-10-18(17)19;/h7-8,10-11,16,24H,4-6,9,12-15H2,1-3H3,(H2,21,22,23);1H. The number of rotatable bonds is 10. The maximum atomic E-state index is 4.70. The van der Waals surface area contributed by atoms with Crippen LogP contribution in [0.3, 0.4) is 0 Å². The number of hydrogen-bond donors (Lipinski definition) is 3. The van der Waals surface area contributed by atoms with Crippen LogP contribution in [0.5, 0.6) is 0 Å². The molecule has 0 saturated heterocycles. The molecule has 0 aliphatic carbocycles. The number of aromatic amines is 1. The van der Waals surface area contributed by atoms with E-state index in [0.29, 0.717) is 0 Å². The number of H-pyrrole nitrogens is 1. The molecular weight excluding hydrogens is 437 g/mol. The van der Waals surface area contributed by atoms with Gasteiger partial charge in [0.25, 0.3) is 0 Å². The number of nitrogens with zero attached hydrogens (tertiary/aromatic N) is 2. The Hall–Kier alpha value is -1.28. The van der Waals surface area contributed by atoms with Crippen LogP contribution in [0.2, 0.25) is 0 Å². The second-order valence-corrected chi connectivity index (χ2v) is 6.18. The van der Waals surface area contributed by atoms with Crippen molar-refractivity contribution in [3.63, 3.8) is 0 Å². The topological polar surface area (TPSA) is 55.5 Å². The Bertz CT molecular complexity index is 648. The van der Waals surface area contributed by atoms with Gasteiger partial charge in [-0.05, 0) is 51.0 Å². The minimum atomic E-state index is 0. The minimum absolute atomic E-state index is 0. The molecule has 0 bridgehead atoms. The van der Waals surface area contributed by atoms with Gasteiger partial charge in [-0.15, -0.1) is 24.0 Å². The molecule has 5 nitrogen and oxygen atoms in total. The summed E-state index contributed by atoms with van der Waals surface area (Å²) in [5.41, 5.74) is 2.55. The molecule has 2 aromatic rings. The first-order valence-corrected chi connectivity index (χ1v) is 9.58. The largest absolute Gasteiger partial charge is 0.361 e. The number of fused-ring (bicyclic) bond motifs is 1. The monoisotopic (exact) mass is 471 g/mol. The highest BCUT2D eigenvalue weighted by atomic mass is 127. The molecule has 2 rings (SSSR count). The van der Waals surface area contributed by atoms with Crippen molar-refractivity contribution in [3.8, 4) is 0 Å². The lowest BCUT2D eigenvalue weighted by molar-refractivity contribution is 0.302. The summed E-state index contributed by atoms with van der Waals surface area (Å²) in [5, 5.41) is 8.10. The first-order valence-electron chi connectivity index (χ1n) is 9.58. The summed E-state index contributed by atoms with van der Waals surface area (Å²) in [5.74, 6) is 0.918. The first-order chi connectivity index (χ1) is 12.3. The maximum absolute atomic E-state index is 4.70. The second-order valence-electron chi connectivity index (χ2n) is 6.18. The van der Waals surface area contributed by atoms with Crippen LogP contribution in [0.4, 0.5) is 0 Å². The first kappa shape index (κ1) is 22.8. The summed E-state index contributed by atoms with van der Waals surface area (Å²) >= 11 is 0. The number of para-hydroxylation sites is 1. The van der Waals surface area contributed by atoms with Crippen molar-refractivity contribution >= 4 is 40.8 Å². The fourth-order valence-electron chi connectivity index (χ4n) is 3.02. The van der Waals surface area contributed by atoms with Gasteiger partial charge in [0.2, 0.25) is 0 Å². The van der Waals surface area contributed by atoms with E-state index in [1.54, 1.807) is 0 Å². The summed E-state index contributed by atoms with van der Waals surface area (Å²) in [7, 11) is 0. The zero-order valence-corrected chi connectivity index (χ0v) is 18.7. The fourth-order valence-corrected chi connectivity index (χ4v) is 3.02. The zero-order valence-electron chi connectivity index (χ0n) is 16.3. The molecule has 1 aromatic heterocycles. The van der Waals surface area contributed by atoms with Crippen molar-refractivity contribution < 1.29 is 0 Å². The molecule has 0 spiro atoms. The highest BCUT2D eigenvalue weighted by Crippen LogP contribution is 2.17. The second kappa shape index (κ2) is 13.0. The molecule has 3 N–H and O–H groups in total. The van der Waals surface area contributed by atoms with Crippen molar-refractivity contribution in [3.05, 3.63) is 36.0 Å². The SMILES string of the molecule is CCNC(=NCCCN(CC)CC)NCCc1c[nH]c2ccccc12.I. The van der Waals surface area contributed by atoms with Crippen molar-refractivity contribution in [1.82, 2.24) is 20.5 Å². The van der Waals surface area contributed by atoms with Gasteiger partial charge in [0.15, 0.2) is 5.96 Å². The fraction of sp³-hybridized carbons (Fsp3) is 0.550. The number of aromatic nitrogens is 1. The summed E-state index contributed by atoms with van der Waals surface area (Å²) in [6.45, 7) is 12.5. The van der Waals surface area contributed by atoms with Crippen molar-refractivity contribution in [2.75, 3.05) is 39.3 Å². The van der Waals surface area contributed by atoms with Crippen LogP contribution in [0.1, 0.15) is 32.8 Å². The van der Waals surface area contributed by atoms with E-state index in [9.17, 15) is 0 Å². The lowest BCUT2D eigenvalue weighted by atomic mass is 10.1. The summed E-state index contributed by atoms with van der Waals surface area (Å²) < 4.78 is 0. The van der Waals surface area contributed by atoms with E-state index in [4.69, 9.17) is 4.99 Å². The van der Waals surface area contributed by atoms with E-state index < -0.39 is 0 Å². The maximum Gasteiger partial charge on any atom is 0.191 e. The molecule has 0 atom stereocenters. The number of benzene rings is 1. The van der Waals surface area contributed by atoms with E-state index >= 15 is 0 Å². The number of guanidine groups is 1. The number of halogens is 1. The predicted octanol–water partition coefficient (Wildman–Crippen LogP) is 3.62. The Morgan fingerprint density at radius 2 is 1.88 bits per heavy atom. The number of aliphatic imine (C=N–C) groups is 1. The number of nitrogens with one attached hydrogen (secondary N) is 3. The Labute approximate surface area is 175 Å². The molecule has 1 heterocycles. The molecule has 1 aromatic carbocycles. The molecule has 146 valence electrons. The Kier molecular flexibility index (Phi) is 11.4. The van der Waals surface area contributed by atoms with Gasteiger partial charge in [-0.3, -0.25) is 4.99 Å². The van der Waals surface area contributed by atoms with Crippen molar-refractivity contribution in [2.45, 2.75) is 33.6 Å². The van der Waals surface area contributed by atoms with E-state index in [-0.39, 0.29) is 24.0 Å². The van der Waals surface area contributed by atoms with Gasteiger partial charge in [0.05, 0.1) is 0 Å². The van der Waals surface area contributed by atoms with Gasteiger partial charge < -0.3 is 20.5 Å². The van der Waals surface area contributed by atoms with Gasteiger partial charge in [-0.1, -0.05) is 32.0 Å². The van der Waals surface area contributed by atoms with E-state index in [1.807, 2.05) is 0 Å². The lowest BCUT2D eigenvalue weighted by Crippen LogP contribution is -2.38. The van der Waals surface area contributed by atoms with Crippen LogP contribution in [0, 0.1) is 0 Å². The third kappa shape index (κ3) is 7.15. The van der Waals surface area contributed by atoms with Gasteiger partial charge in [-0.2, -0.15) is 0 Å². The smallest absolute Gasteiger partial charge is 0.191 e. The molecular formula is C20H34IN5. The van der Waals surface area contributed by atoms with Gasteiger partial charge in [0, 0.05) is 36.7 Å².